The van der Waals surface area contributed by atoms with Gasteiger partial charge in [-0.05, 0) is 31.6 Å². The number of rotatable bonds is 31. The van der Waals surface area contributed by atoms with E-state index in [-0.39, 0.29) is 43.4 Å². The Morgan fingerprint density at radius 1 is 0.638 bits per heavy atom. The van der Waals surface area contributed by atoms with Crippen LogP contribution in [0.4, 0.5) is 0 Å². The summed E-state index contributed by atoms with van der Waals surface area (Å²) in [5.41, 5.74) is 0. The molecule has 6 atom stereocenters. The van der Waals surface area contributed by atoms with Crippen LogP contribution < -0.4 is 0 Å². The molecule has 1 fully saturated rings. The third-order valence-electron chi connectivity index (χ3n) is 9.60. The van der Waals surface area contributed by atoms with Gasteiger partial charge in [0, 0.05) is 25.2 Å². The second-order valence-corrected chi connectivity index (χ2v) is 14.0. The molecular weight excluding hydrogens is 596 g/mol. The van der Waals surface area contributed by atoms with E-state index < -0.39 is 24.4 Å². The highest BCUT2D eigenvalue weighted by Gasteiger charge is 2.39. The molecular formula is C39H72O8. The fourth-order valence-corrected chi connectivity index (χ4v) is 6.59. The molecule has 0 aromatic heterocycles. The Balaban J connectivity index is 2.02. The van der Waals surface area contributed by atoms with Crippen LogP contribution in [-0.4, -0.2) is 70.0 Å². The van der Waals surface area contributed by atoms with Crippen LogP contribution in [0.15, 0.2) is 12.2 Å². The van der Waals surface area contributed by atoms with Crippen molar-refractivity contribution in [3.63, 3.8) is 0 Å². The Labute approximate surface area is 287 Å². The summed E-state index contributed by atoms with van der Waals surface area (Å²) in [6.45, 7) is 4.03. The SMILES string of the molecule is CCCCCCCCCCCCCCCC(=O)OC[C@@H](O)COC(=O)CCCCCC[C@@H]1[C@@H](/C=C/[C@@H](O)CCCCC)[C@H](O)C[C@@H]1O. The first-order chi connectivity index (χ1) is 22.8. The van der Waals surface area contributed by atoms with Gasteiger partial charge in [-0.1, -0.05) is 142 Å². The highest BCUT2D eigenvalue weighted by molar-refractivity contribution is 5.69. The fraction of sp³-hybridized carbons (Fsp3) is 0.897. The van der Waals surface area contributed by atoms with Crippen molar-refractivity contribution in [2.45, 2.75) is 199 Å². The topological polar surface area (TPSA) is 134 Å². The van der Waals surface area contributed by atoms with Gasteiger partial charge < -0.3 is 29.9 Å². The van der Waals surface area contributed by atoms with Crippen molar-refractivity contribution in [1.82, 2.24) is 0 Å². The fourth-order valence-electron chi connectivity index (χ4n) is 6.59. The smallest absolute Gasteiger partial charge is 0.305 e. The molecule has 0 heterocycles. The number of aliphatic hydroxyl groups is 4. The zero-order valence-electron chi connectivity index (χ0n) is 30.1. The van der Waals surface area contributed by atoms with Gasteiger partial charge in [0.25, 0.3) is 0 Å². The van der Waals surface area contributed by atoms with E-state index in [9.17, 15) is 30.0 Å². The third kappa shape index (κ3) is 23.5. The summed E-state index contributed by atoms with van der Waals surface area (Å²) in [6.07, 6.45) is 26.2. The molecule has 47 heavy (non-hydrogen) atoms. The quantitative estimate of drug-likeness (QED) is 0.0331. The minimum absolute atomic E-state index is 0.0287. The summed E-state index contributed by atoms with van der Waals surface area (Å²) in [6, 6.07) is 0. The van der Waals surface area contributed by atoms with Crippen LogP contribution in [0.1, 0.15) is 174 Å². The summed E-state index contributed by atoms with van der Waals surface area (Å²) in [5.74, 6) is -0.871. The number of esters is 2. The van der Waals surface area contributed by atoms with Gasteiger partial charge in [-0.3, -0.25) is 9.59 Å². The number of unbranched alkanes of at least 4 members (excludes halogenated alkanes) is 17. The van der Waals surface area contributed by atoms with Crippen LogP contribution in [0.25, 0.3) is 0 Å². The van der Waals surface area contributed by atoms with E-state index in [0.29, 0.717) is 19.3 Å². The molecule has 0 unspecified atom stereocenters. The monoisotopic (exact) mass is 669 g/mol. The number of hydrogen-bond donors (Lipinski definition) is 4. The lowest BCUT2D eigenvalue weighted by Gasteiger charge is -2.21. The number of ether oxygens (including phenoxy) is 2. The van der Waals surface area contributed by atoms with Gasteiger partial charge in [0.2, 0.25) is 0 Å². The summed E-state index contributed by atoms with van der Waals surface area (Å²) >= 11 is 0. The molecule has 0 spiro atoms. The van der Waals surface area contributed by atoms with Crippen molar-refractivity contribution in [2.75, 3.05) is 13.2 Å². The van der Waals surface area contributed by atoms with Crippen LogP contribution in [0.2, 0.25) is 0 Å². The molecule has 8 heteroatoms. The van der Waals surface area contributed by atoms with E-state index in [4.69, 9.17) is 9.47 Å². The second kappa shape index (κ2) is 29.4. The van der Waals surface area contributed by atoms with Crippen LogP contribution in [0, 0.1) is 11.8 Å². The van der Waals surface area contributed by atoms with Crippen LogP contribution in [0.3, 0.4) is 0 Å². The molecule has 1 aliphatic rings. The zero-order chi connectivity index (χ0) is 34.5. The minimum Gasteiger partial charge on any atom is -0.463 e. The van der Waals surface area contributed by atoms with Gasteiger partial charge >= 0.3 is 11.9 Å². The highest BCUT2D eigenvalue weighted by atomic mass is 16.6. The molecule has 0 saturated heterocycles. The average molecular weight is 669 g/mol. The van der Waals surface area contributed by atoms with E-state index in [2.05, 4.69) is 13.8 Å². The zero-order valence-corrected chi connectivity index (χ0v) is 30.1. The van der Waals surface area contributed by atoms with Gasteiger partial charge in [-0.25, -0.2) is 0 Å². The standard InChI is InChI=1S/C39H72O8/c1-3-5-7-8-9-10-11-12-13-14-15-16-21-25-38(44)46-30-33(41)31-47-39(45)26-22-18-17-20-24-34-35(37(43)29-36(34)42)28-27-32(40)23-19-6-4-2/h27-28,32-37,40-43H,3-26,29-31H2,1-2H3/b28-27+/t32-,33+,34+,35+,36-,37+/m0/s1. The summed E-state index contributed by atoms with van der Waals surface area (Å²) in [5, 5.41) is 41.1. The molecule has 1 saturated carbocycles. The molecule has 0 radical (unpaired) electrons. The van der Waals surface area contributed by atoms with Crippen molar-refractivity contribution in [3.05, 3.63) is 12.2 Å². The molecule has 0 bridgehead atoms. The molecule has 1 aliphatic carbocycles. The normalized spacial score (nSPS) is 20.9. The summed E-state index contributed by atoms with van der Waals surface area (Å²) in [4.78, 5) is 24.1. The molecule has 276 valence electrons. The molecule has 0 aromatic carbocycles. The maximum absolute atomic E-state index is 12.1. The number of aliphatic hydroxyl groups excluding tert-OH is 4. The first kappa shape index (κ1) is 43.5. The Bertz CT molecular complexity index is 787. The van der Waals surface area contributed by atoms with E-state index >= 15 is 0 Å². The van der Waals surface area contributed by atoms with E-state index in [1.54, 1.807) is 6.08 Å². The van der Waals surface area contributed by atoms with E-state index in [1.165, 1.54) is 64.2 Å². The largest absolute Gasteiger partial charge is 0.463 e. The van der Waals surface area contributed by atoms with Gasteiger partial charge in [0.05, 0.1) is 18.3 Å². The van der Waals surface area contributed by atoms with Crippen molar-refractivity contribution in [1.29, 1.82) is 0 Å². The first-order valence-electron chi connectivity index (χ1n) is 19.5. The predicted octanol–water partition coefficient (Wildman–Crippen LogP) is 8.11. The van der Waals surface area contributed by atoms with Crippen molar-refractivity contribution >= 4 is 11.9 Å². The van der Waals surface area contributed by atoms with Gasteiger partial charge in [0.1, 0.15) is 19.3 Å². The Hall–Kier alpha value is -1.48. The van der Waals surface area contributed by atoms with Crippen LogP contribution in [0.5, 0.6) is 0 Å². The van der Waals surface area contributed by atoms with Crippen molar-refractivity contribution < 1.29 is 39.5 Å². The molecule has 0 aliphatic heterocycles. The molecule has 0 aromatic rings. The van der Waals surface area contributed by atoms with Gasteiger partial charge in [0.15, 0.2) is 0 Å². The molecule has 0 amide bonds. The number of carbonyl (C=O) groups excluding carboxylic acids is 2. The van der Waals surface area contributed by atoms with Gasteiger partial charge in [-0.15, -0.1) is 0 Å². The highest BCUT2D eigenvalue weighted by Crippen LogP contribution is 2.37. The third-order valence-corrected chi connectivity index (χ3v) is 9.60. The van der Waals surface area contributed by atoms with E-state index in [0.717, 1.165) is 70.6 Å². The van der Waals surface area contributed by atoms with Crippen molar-refractivity contribution in [3.8, 4) is 0 Å². The van der Waals surface area contributed by atoms with Crippen LogP contribution in [-0.2, 0) is 19.1 Å². The maximum atomic E-state index is 12.1. The minimum atomic E-state index is -1.03. The lowest BCUT2D eigenvalue weighted by Crippen LogP contribution is -2.25. The lowest BCUT2D eigenvalue weighted by atomic mass is 9.88. The Morgan fingerprint density at radius 3 is 1.60 bits per heavy atom. The number of hydrogen-bond acceptors (Lipinski definition) is 8. The molecule has 8 nitrogen and oxygen atoms in total. The van der Waals surface area contributed by atoms with Crippen molar-refractivity contribution in [2.24, 2.45) is 11.8 Å². The van der Waals surface area contributed by atoms with Crippen LogP contribution >= 0.6 is 0 Å². The average Bonchev–Trinajstić information content (AvgIpc) is 3.32. The number of carbonyl (C=O) groups is 2. The Kier molecular flexibility index (Phi) is 27.3. The first-order valence-corrected chi connectivity index (χ1v) is 19.5. The maximum Gasteiger partial charge on any atom is 0.305 e. The lowest BCUT2D eigenvalue weighted by molar-refractivity contribution is -0.152. The second-order valence-electron chi connectivity index (χ2n) is 14.0. The molecule has 4 N–H and O–H groups in total. The predicted molar refractivity (Wildman–Crippen MR) is 189 cm³/mol. The van der Waals surface area contributed by atoms with E-state index in [1.807, 2.05) is 6.08 Å². The Morgan fingerprint density at radius 2 is 1.09 bits per heavy atom. The van der Waals surface area contributed by atoms with Gasteiger partial charge in [-0.2, -0.15) is 0 Å². The summed E-state index contributed by atoms with van der Waals surface area (Å²) in [7, 11) is 0. The summed E-state index contributed by atoms with van der Waals surface area (Å²) < 4.78 is 10.3. The molecule has 1 rings (SSSR count).